The molecule has 0 spiro atoms. The molecule has 510 valence electrons. The summed E-state index contributed by atoms with van der Waals surface area (Å²) in [5.74, 6) is -10.9. The Morgan fingerprint density at radius 2 is 0.888 bits per heavy atom. The number of allylic oxidation sites excluding steroid dienone is 1. The van der Waals surface area contributed by atoms with Crippen molar-refractivity contribution in [3.63, 3.8) is 0 Å². The molecule has 21 nitrogen and oxygen atoms in total. The maximum Gasteiger partial charge on any atom is 0.246 e. The fourth-order valence-electron chi connectivity index (χ4n) is 12.0. The van der Waals surface area contributed by atoms with E-state index in [4.69, 9.17) is 0 Å². The molecule has 0 bridgehead atoms. The zero-order valence-electron chi connectivity index (χ0n) is 59.7. The fraction of sp³-hybridized carbons (Fsp3) is 0.809. The Morgan fingerprint density at radius 3 is 1.33 bits per heavy atom. The van der Waals surface area contributed by atoms with Crippen LogP contribution in [0.5, 0.6) is 0 Å². The van der Waals surface area contributed by atoms with E-state index >= 15 is 19.2 Å². The Kier molecular flexibility index (Phi) is 33.9. The van der Waals surface area contributed by atoms with E-state index in [9.17, 15) is 38.7 Å². The van der Waals surface area contributed by atoms with Crippen LogP contribution in [-0.4, -0.2) is 233 Å². The molecule has 1 aliphatic heterocycles. The summed E-state index contributed by atoms with van der Waals surface area (Å²) < 4.78 is 0. The number of aliphatic hydroxyl groups is 1. The van der Waals surface area contributed by atoms with Crippen LogP contribution in [0.3, 0.4) is 0 Å². The maximum absolute atomic E-state index is 15.3. The predicted octanol–water partition coefficient (Wildman–Crippen LogP) is 6.47. The minimum absolute atomic E-state index is 0.0698. The van der Waals surface area contributed by atoms with Crippen LogP contribution in [-0.2, 0) is 52.7 Å². The van der Waals surface area contributed by atoms with Crippen molar-refractivity contribution in [2.24, 2.45) is 59.2 Å². The lowest BCUT2D eigenvalue weighted by Gasteiger charge is -2.41. The molecule has 1 saturated heterocycles. The van der Waals surface area contributed by atoms with Gasteiger partial charge < -0.3 is 49.6 Å². The summed E-state index contributed by atoms with van der Waals surface area (Å²) in [4.78, 5) is 173. The normalized spacial score (nSPS) is 27.4. The summed E-state index contributed by atoms with van der Waals surface area (Å²) in [5.41, 5.74) is 0. The Balaban J connectivity index is 4.40. The molecule has 0 aromatic heterocycles. The molecule has 0 aromatic carbocycles. The van der Waals surface area contributed by atoms with Gasteiger partial charge in [0.15, 0.2) is 17.3 Å². The monoisotopic (exact) mass is 1260 g/mol. The van der Waals surface area contributed by atoms with Crippen molar-refractivity contribution < 1.29 is 57.8 Å². The number of hydrogen-bond acceptors (Lipinski definition) is 13. The molecule has 0 unspecified atom stereocenters. The van der Waals surface area contributed by atoms with Gasteiger partial charge in [-0.2, -0.15) is 0 Å². The van der Waals surface area contributed by atoms with E-state index in [2.05, 4.69) is 5.32 Å². The van der Waals surface area contributed by atoms with Crippen LogP contribution in [0, 0.1) is 59.2 Å². The van der Waals surface area contributed by atoms with Crippen molar-refractivity contribution in [1.29, 1.82) is 0 Å². The van der Waals surface area contributed by atoms with Gasteiger partial charge in [-0.15, -0.1) is 0 Å². The van der Waals surface area contributed by atoms with E-state index < -0.39 is 149 Å². The third-order valence-electron chi connectivity index (χ3n) is 18.0. The van der Waals surface area contributed by atoms with Gasteiger partial charge in [0.25, 0.3) is 0 Å². The molecule has 1 rings (SSSR count). The average Bonchev–Trinajstić information content (AvgIpc) is 0.936. The zero-order valence-corrected chi connectivity index (χ0v) is 59.7. The lowest BCUT2D eigenvalue weighted by atomic mass is 9.84. The Labute approximate surface area is 536 Å². The summed E-state index contributed by atoms with van der Waals surface area (Å²) in [7, 11) is 14.1. The summed E-state index contributed by atoms with van der Waals surface area (Å²) in [6, 6.07) is -9.31. The molecule has 1 heterocycles. The minimum atomic E-state index is -1.51. The highest BCUT2D eigenvalue weighted by molar-refractivity contribution is 6.00. The van der Waals surface area contributed by atoms with E-state index in [-0.39, 0.29) is 80.3 Å². The van der Waals surface area contributed by atoms with Crippen LogP contribution in [0.15, 0.2) is 12.2 Å². The van der Waals surface area contributed by atoms with Gasteiger partial charge in [0.2, 0.25) is 47.3 Å². The lowest BCUT2D eigenvalue weighted by molar-refractivity contribution is -0.157. The third kappa shape index (κ3) is 23.3. The molecule has 0 aliphatic carbocycles. The van der Waals surface area contributed by atoms with E-state index in [1.165, 1.54) is 97.5 Å². The number of hydrogen-bond donors (Lipinski definition) is 2. The van der Waals surface area contributed by atoms with E-state index in [0.717, 1.165) is 0 Å². The van der Waals surface area contributed by atoms with Crippen molar-refractivity contribution in [1.82, 2.24) is 44.5 Å². The number of ketones is 3. The van der Waals surface area contributed by atoms with Gasteiger partial charge in [-0.1, -0.05) is 116 Å². The molecule has 89 heavy (non-hydrogen) atoms. The first-order chi connectivity index (χ1) is 41.0. The predicted molar refractivity (Wildman–Crippen MR) is 349 cm³/mol. The second-order valence-corrected chi connectivity index (χ2v) is 28.6. The molecule has 21 heteroatoms. The van der Waals surface area contributed by atoms with Gasteiger partial charge in [-0.25, -0.2) is 0 Å². The number of carbonyl (C=O) groups is 11. The molecule has 0 radical (unpaired) electrons. The van der Waals surface area contributed by atoms with E-state index in [1.54, 1.807) is 34.6 Å². The number of likely N-dealkylation sites (N-methyl/N-ethyl adjacent to an activating group) is 8. The zero-order chi connectivity index (χ0) is 69.1. The number of nitrogens with zero attached hydrogens (tertiary/aromatic N) is 8. The summed E-state index contributed by atoms with van der Waals surface area (Å²) in [6.45, 7) is 31.0. The minimum Gasteiger partial charge on any atom is -0.390 e. The first-order valence-electron chi connectivity index (χ1n) is 32.7. The first-order valence-corrected chi connectivity index (χ1v) is 32.7. The Hall–Kier alpha value is -5.57. The van der Waals surface area contributed by atoms with Crippen LogP contribution >= 0.6 is 0 Å². The number of nitrogens with one attached hydrogen (secondary N) is 1. The highest BCUT2D eigenvalue weighted by Crippen LogP contribution is 2.30. The molecule has 1 fully saturated rings. The Morgan fingerprint density at radius 1 is 0.472 bits per heavy atom. The quantitative estimate of drug-likeness (QED) is 0.149. The van der Waals surface area contributed by atoms with Crippen LogP contribution in [0.2, 0.25) is 0 Å². The number of carbonyl (C=O) groups excluding carboxylic acids is 11. The van der Waals surface area contributed by atoms with Gasteiger partial charge in [0.05, 0.1) is 18.2 Å². The van der Waals surface area contributed by atoms with Gasteiger partial charge >= 0.3 is 0 Å². The fourth-order valence-corrected chi connectivity index (χ4v) is 12.0. The second kappa shape index (κ2) is 37.1. The van der Waals surface area contributed by atoms with Crippen LogP contribution < -0.4 is 5.32 Å². The molecule has 13 atom stereocenters. The number of Topliss-reactive ketones (excluding diaryl/α,β-unsaturated/α-hetero) is 3. The third-order valence-corrected chi connectivity index (χ3v) is 18.0. The first kappa shape index (κ1) is 81.4. The summed E-state index contributed by atoms with van der Waals surface area (Å²) >= 11 is 0. The molecular weight excluding hydrogens is 1130 g/mol. The van der Waals surface area contributed by atoms with Crippen LogP contribution in [0.4, 0.5) is 0 Å². The molecular formula is C68H121N9O12. The largest absolute Gasteiger partial charge is 0.390 e. The maximum atomic E-state index is 15.3. The number of rotatable bonds is 17. The van der Waals surface area contributed by atoms with Crippen molar-refractivity contribution in [2.45, 2.75) is 230 Å². The highest BCUT2D eigenvalue weighted by atomic mass is 16.3. The molecule has 2 N–H and O–H groups in total. The summed E-state index contributed by atoms with van der Waals surface area (Å²) in [5, 5.41) is 15.1. The van der Waals surface area contributed by atoms with Gasteiger partial charge in [-0.3, -0.25) is 52.7 Å². The Bertz CT molecular complexity index is 2420. The lowest BCUT2D eigenvalue weighted by Crippen LogP contribution is -2.61. The average molecular weight is 1260 g/mol. The topological polar surface area (TPSA) is 246 Å². The van der Waals surface area contributed by atoms with Crippen molar-refractivity contribution in [2.75, 3.05) is 70.0 Å². The van der Waals surface area contributed by atoms with Crippen LogP contribution in [0.1, 0.15) is 175 Å². The molecule has 1 aliphatic rings. The standard InChI is InChI=1S/C68H121N9O12/c1-27-49-37-57(80)59(60(81)45(14)30-28-29-31-70(18)19)77(26)68(89)58(44(12)13)76(25)67(88)54(35-42(8)9)75(24)66(87)53(34-41(6)7)74(23)62(83)47(16)69-61(82)46(15)36-55(78)51(32-39(2)3)73(22)65(86)50(43(10)11)38-56(79)52(33-40(4)5)72(21)63(84)48(17)71(20)64(49)85/h28-29,39-54,58-60,81H,27,30-38H2,1-26H3,(H,69,82)/b29-28+/t45-,46+,47+,48-,49+,50-,51+,52+,53-,54-,58-,59+,60-/m1/s1. The van der Waals surface area contributed by atoms with Crippen molar-refractivity contribution >= 4 is 64.6 Å². The molecule has 0 saturated carbocycles. The highest BCUT2D eigenvalue weighted by Gasteiger charge is 2.46. The van der Waals surface area contributed by atoms with Crippen molar-refractivity contribution in [3.05, 3.63) is 12.2 Å². The van der Waals surface area contributed by atoms with Crippen LogP contribution in [0.25, 0.3) is 0 Å². The SMILES string of the molecule is CC[C@H]1CC(=O)[C@@H]([C@H](O)[C@H](C)C/C=C/CN(C)C)N(C)C(=O)[C@@H](C(C)C)N(C)C(=O)[C@@H](CC(C)C)N(C)C(=O)[C@@H](CC(C)C)N(C)C(=O)[C@H](C)NC(=O)[C@@H](C)CC(=O)[C@H](CC(C)C)N(C)C(=O)[C@@H](C(C)C)CC(=O)[C@H](CC(C)C)N(C)C(=O)[C@@H](C)N(C)C1=O. The second-order valence-electron chi connectivity index (χ2n) is 28.6. The molecule has 8 amide bonds. The van der Waals surface area contributed by atoms with Gasteiger partial charge in [-0.05, 0) is 108 Å². The van der Waals surface area contributed by atoms with Crippen molar-refractivity contribution in [3.8, 4) is 0 Å². The number of amides is 8. The van der Waals surface area contributed by atoms with E-state index in [0.29, 0.717) is 13.0 Å². The number of aliphatic hydroxyl groups excluding tert-OH is 1. The van der Waals surface area contributed by atoms with Gasteiger partial charge in [0.1, 0.15) is 36.3 Å². The molecule has 0 aromatic rings. The summed E-state index contributed by atoms with van der Waals surface area (Å²) in [6.07, 6.45) is 2.67. The smallest absolute Gasteiger partial charge is 0.246 e. The van der Waals surface area contributed by atoms with Gasteiger partial charge in [0, 0.05) is 92.9 Å². The van der Waals surface area contributed by atoms with E-state index in [1.807, 2.05) is 100 Å².